The second-order valence-electron chi connectivity index (χ2n) is 8.47. The maximum Gasteiger partial charge on any atom is 0.332 e. The van der Waals surface area contributed by atoms with Crippen molar-refractivity contribution in [3.63, 3.8) is 0 Å². The molecular weight excluding hydrogens is 406 g/mol. The summed E-state index contributed by atoms with van der Waals surface area (Å²) in [6, 6.07) is -2.40. The SMILES string of the molecule is CC(C)(C)OC(=O)C1N2C(=O)C(N3C(=O)CCCC3=O)[C@@H]2SC[C@@]1(C)O[N+](=O)[O-]. The lowest BCUT2D eigenvalue weighted by Gasteiger charge is -2.58. The second-order valence-corrected chi connectivity index (χ2v) is 9.57. The Labute approximate surface area is 171 Å². The Morgan fingerprint density at radius 1 is 1.24 bits per heavy atom. The maximum absolute atomic E-state index is 13.0. The fourth-order valence-corrected chi connectivity index (χ4v) is 5.34. The van der Waals surface area contributed by atoms with E-state index in [0.29, 0.717) is 6.42 Å². The number of piperidine rings is 1. The molecule has 160 valence electrons. The normalized spacial score (nSPS) is 32.4. The van der Waals surface area contributed by atoms with Gasteiger partial charge in [0.2, 0.25) is 11.8 Å². The third-order valence-electron chi connectivity index (χ3n) is 4.96. The predicted molar refractivity (Wildman–Crippen MR) is 98.7 cm³/mol. The van der Waals surface area contributed by atoms with Crippen molar-refractivity contribution < 1.29 is 33.8 Å². The number of amides is 3. The van der Waals surface area contributed by atoms with Crippen molar-refractivity contribution in [3.8, 4) is 0 Å². The van der Waals surface area contributed by atoms with Crippen LogP contribution in [0.5, 0.6) is 0 Å². The van der Waals surface area contributed by atoms with Gasteiger partial charge in [-0.05, 0) is 34.1 Å². The van der Waals surface area contributed by atoms with Gasteiger partial charge in [-0.3, -0.25) is 19.3 Å². The lowest BCUT2D eigenvalue weighted by molar-refractivity contribution is -0.779. The van der Waals surface area contributed by atoms with E-state index in [-0.39, 0.29) is 18.6 Å². The molecule has 3 heterocycles. The summed E-state index contributed by atoms with van der Waals surface area (Å²) in [6.07, 6.45) is 0.779. The van der Waals surface area contributed by atoms with Crippen LogP contribution in [0.3, 0.4) is 0 Å². The Morgan fingerprint density at radius 3 is 2.34 bits per heavy atom. The van der Waals surface area contributed by atoms with E-state index in [1.165, 1.54) is 6.92 Å². The zero-order chi connectivity index (χ0) is 21.7. The third kappa shape index (κ3) is 3.77. The molecule has 3 amide bonds. The third-order valence-corrected chi connectivity index (χ3v) is 6.53. The van der Waals surface area contributed by atoms with Crippen LogP contribution >= 0.6 is 11.8 Å². The van der Waals surface area contributed by atoms with Crippen LogP contribution in [0.1, 0.15) is 47.0 Å². The maximum atomic E-state index is 13.0. The highest BCUT2D eigenvalue weighted by Crippen LogP contribution is 2.46. The van der Waals surface area contributed by atoms with E-state index < -0.39 is 57.4 Å². The lowest BCUT2D eigenvalue weighted by Crippen LogP contribution is -2.80. The van der Waals surface area contributed by atoms with Crippen LogP contribution in [0.2, 0.25) is 0 Å². The number of fused-ring (bicyclic) bond motifs is 1. The highest BCUT2D eigenvalue weighted by Gasteiger charge is 2.65. The number of likely N-dealkylation sites (tertiary alicyclic amines) is 1. The van der Waals surface area contributed by atoms with E-state index in [1.54, 1.807) is 20.8 Å². The van der Waals surface area contributed by atoms with Crippen molar-refractivity contribution in [1.29, 1.82) is 0 Å². The zero-order valence-corrected chi connectivity index (χ0v) is 17.4. The van der Waals surface area contributed by atoms with Gasteiger partial charge in [0.1, 0.15) is 17.0 Å². The van der Waals surface area contributed by atoms with E-state index >= 15 is 0 Å². The molecule has 4 atom stereocenters. The summed E-state index contributed by atoms with van der Waals surface area (Å²) >= 11 is 1.13. The molecule has 3 saturated heterocycles. The molecule has 2 unspecified atom stereocenters. The van der Waals surface area contributed by atoms with Crippen LogP contribution in [-0.4, -0.2) is 73.0 Å². The fraction of sp³-hybridized carbons (Fsp3) is 0.765. The minimum atomic E-state index is -1.64. The molecule has 0 bridgehead atoms. The predicted octanol–water partition coefficient (Wildman–Crippen LogP) is 0.487. The highest BCUT2D eigenvalue weighted by atomic mass is 32.2. The number of carbonyl (C=O) groups is 4. The summed E-state index contributed by atoms with van der Waals surface area (Å²) < 4.78 is 5.39. The molecule has 3 aliphatic heterocycles. The Balaban J connectivity index is 1.92. The summed E-state index contributed by atoms with van der Waals surface area (Å²) in [7, 11) is 0. The summed E-state index contributed by atoms with van der Waals surface area (Å²) in [4.78, 5) is 68.3. The fourth-order valence-electron chi connectivity index (χ4n) is 3.83. The monoisotopic (exact) mass is 429 g/mol. The number of thioether (sulfide) groups is 1. The Morgan fingerprint density at radius 2 is 1.83 bits per heavy atom. The van der Waals surface area contributed by atoms with Gasteiger partial charge in [0.05, 0.1) is 0 Å². The topological polar surface area (TPSA) is 136 Å². The number of esters is 1. The zero-order valence-electron chi connectivity index (χ0n) is 16.6. The van der Waals surface area contributed by atoms with Crippen LogP contribution in [0.25, 0.3) is 0 Å². The molecule has 3 rings (SSSR count). The van der Waals surface area contributed by atoms with Crippen molar-refractivity contribution in [2.24, 2.45) is 0 Å². The van der Waals surface area contributed by atoms with Gasteiger partial charge in [0, 0.05) is 18.6 Å². The van der Waals surface area contributed by atoms with Gasteiger partial charge in [0.25, 0.3) is 11.0 Å². The van der Waals surface area contributed by atoms with Gasteiger partial charge in [-0.2, -0.15) is 0 Å². The van der Waals surface area contributed by atoms with Crippen LogP contribution in [0.15, 0.2) is 0 Å². The van der Waals surface area contributed by atoms with Gasteiger partial charge in [0.15, 0.2) is 11.6 Å². The number of ether oxygens (including phenoxy) is 1. The van der Waals surface area contributed by atoms with E-state index in [4.69, 9.17) is 9.57 Å². The van der Waals surface area contributed by atoms with E-state index in [2.05, 4.69) is 0 Å². The van der Waals surface area contributed by atoms with Gasteiger partial charge in [-0.25, -0.2) is 4.79 Å². The first kappa shape index (κ1) is 21.3. The van der Waals surface area contributed by atoms with Crippen molar-refractivity contribution in [2.45, 2.75) is 75.6 Å². The minimum Gasteiger partial charge on any atom is -0.458 e. The number of imide groups is 1. The summed E-state index contributed by atoms with van der Waals surface area (Å²) in [5, 5.41) is 9.34. The number of nitrogens with zero attached hydrogens (tertiary/aromatic N) is 3. The molecule has 29 heavy (non-hydrogen) atoms. The van der Waals surface area contributed by atoms with Gasteiger partial charge >= 0.3 is 5.97 Å². The number of β-lactam (4-membered cyclic amide) rings is 1. The Bertz CT molecular complexity index is 765. The molecule has 0 spiro atoms. The Hall–Kier alpha value is -2.37. The molecule has 0 radical (unpaired) electrons. The molecule has 0 N–H and O–H groups in total. The average molecular weight is 429 g/mol. The van der Waals surface area contributed by atoms with Gasteiger partial charge in [-0.1, -0.05) is 0 Å². The van der Waals surface area contributed by atoms with Gasteiger partial charge in [-0.15, -0.1) is 21.9 Å². The molecule has 3 aliphatic rings. The van der Waals surface area contributed by atoms with Crippen molar-refractivity contribution in [2.75, 3.05) is 5.75 Å². The molecule has 11 nitrogen and oxygen atoms in total. The van der Waals surface area contributed by atoms with Crippen molar-refractivity contribution in [1.82, 2.24) is 9.80 Å². The molecule has 0 aliphatic carbocycles. The largest absolute Gasteiger partial charge is 0.458 e. The number of carbonyl (C=O) groups excluding carboxylic acids is 4. The van der Waals surface area contributed by atoms with Crippen molar-refractivity contribution >= 4 is 35.5 Å². The van der Waals surface area contributed by atoms with Crippen LogP contribution in [0, 0.1) is 10.1 Å². The first-order chi connectivity index (χ1) is 13.4. The summed E-state index contributed by atoms with van der Waals surface area (Å²) in [5.41, 5.74) is -2.53. The molecule has 3 fully saturated rings. The summed E-state index contributed by atoms with van der Waals surface area (Å²) in [5.74, 6) is -2.32. The lowest BCUT2D eigenvalue weighted by atomic mass is 9.89. The van der Waals surface area contributed by atoms with Gasteiger partial charge < -0.3 is 14.5 Å². The van der Waals surface area contributed by atoms with Crippen LogP contribution in [-0.2, 0) is 28.8 Å². The number of hydrogen-bond acceptors (Lipinski definition) is 9. The highest BCUT2D eigenvalue weighted by molar-refractivity contribution is 8.00. The van der Waals surface area contributed by atoms with E-state index in [9.17, 15) is 29.3 Å². The van der Waals surface area contributed by atoms with Crippen LogP contribution in [0.4, 0.5) is 0 Å². The molecule has 0 aromatic heterocycles. The molecule has 0 aromatic carbocycles. The molecule has 12 heteroatoms. The standard InChI is InChI=1S/C17H23N3O8S/c1-16(2,3)27-15(24)12-17(4,28-20(25)26)8-29-14-11(13(23)19(12)14)18-9(21)6-5-7-10(18)22/h11-12,14H,5-8H2,1-4H3/t11?,12?,14-,17+/m0/s1. The molecule has 0 saturated carbocycles. The first-order valence-electron chi connectivity index (χ1n) is 9.21. The smallest absolute Gasteiger partial charge is 0.332 e. The molecule has 0 aromatic rings. The number of rotatable bonds is 4. The quantitative estimate of drug-likeness (QED) is 0.205. The van der Waals surface area contributed by atoms with Crippen LogP contribution < -0.4 is 0 Å². The Kier molecular flexibility index (Phi) is 5.26. The van der Waals surface area contributed by atoms with Crippen molar-refractivity contribution in [3.05, 3.63) is 10.1 Å². The first-order valence-corrected chi connectivity index (χ1v) is 10.3. The minimum absolute atomic E-state index is 0.000935. The molecular formula is C17H23N3O8S. The second kappa shape index (κ2) is 7.15. The van der Waals surface area contributed by atoms with E-state index in [0.717, 1.165) is 21.6 Å². The average Bonchev–Trinajstić information content (AvgIpc) is 2.55. The number of hydrogen-bond donors (Lipinski definition) is 0. The van der Waals surface area contributed by atoms with E-state index in [1.807, 2.05) is 0 Å². The summed E-state index contributed by atoms with van der Waals surface area (Å²) in [6.45, 7) is 6.28.